The Kier molecular flexibility index (Phi) is 2.82. The van der Waals surface area contributed by atoms with Crippen molar-refractivity contribution in [3.8, 4) is 0 Å². The number of nitrogens with one attached hydrogen (secondary N) is 2. The maximum Gasteiger partial charge on any atom is 0.0775 e. The molecule has 3 heteroatoms. The Hall–Kier alpha value is -0.120. The Bertz CT molecular complexity index is 205. The second-order valence-electron chi connectivity index (χ2n) is 5.29. The average Bonchev–Trinajstić information content (AvgIpc) is 2.47. The fourth-order valence-corrected chi connectivity index (χ4v) is 3.08. The molecule has 2 rings (SSSR count). The Morgan fingerprint density at radius 1 is 1.36 bits per heavy atom. The van der Waals surface area contributed by atoms with Gasteiger partial charge in [-0.3, -0.25) is 10.7 Å². The zero-order valence-electron chi connectivity index (χ0n) is 9.75. The molecule has 2 saturated heterocycles. The summed E-state index contributed by atoms with van der Waals surface area (Å²) in [5, 5.41) is 5.92. The molecule has 0 bridgehead atoms. The van der Waals surface area contributed by atoms with E-state index in [1.54, 1.807) is 0 Å². The lowest BCUT2D eigenvalue weighted by molar-refractivity contribution is 0.0797. The summed E-state index contributed by atoms with van der Waals surface area (Å²) in [6.07, 6.45) is 1.88. The van der Waals surface area contributed by atoms with Crippen molar-refractivity contribution < 1.29 is 0 Å². The van der Waals surface area contributed by atoms with Gasteiger partial charge in [0.1, 0.15) is 0 Å². The third kappa shape index (κ3) is 1.69. The zero-order chi connectivity index (χ0) is 10.3. The summed E-state index contributed by atoms with van der Waals surface area (Å²) in [6.45, 7) is 8.16. The molecule has 4 unspecified atom stereocenters. The minimum atomic E-state index is 0.547. The van der Waals surface area contributed by atoms with Crippen LogP contribution in [0.4, 0.5) is 0 Å². The Morgan fingerprint density at radius 2 is 2.07 bits per heavy atom. The van der Waals surface area contributed by atoms with Crippen LogP contribution >= 0.6 is 0 Å². The van der Waals surface area contributed by atoms with E-state index in [1.165, 1.54) is 6.42 Å². The lowest BCUT2D eigenvalue weighted by Crippen LogP contribution is -2.55. The number of nitrogens with zero attached hydrogens (tertiary/aromatic N) is 1. The monoisotopic (exact) mass is 197 g/mol. The van der Waals surface area contributed by atoms with Crippen molar-refractivity contribution in [2.24, 2.45) is 17.8 Å². The molecule has 0 spiro atoms. The van der Waals surface area contributed by atoms with Gasteiger partial charge in [0.2, 0.25) is 0 Å². The number of hydrogen-bond acceptors (Lipinski definition) is 3. The van der Waals surface area contributed by atoms with Gasteiger partial charge in [-0.15, -0.1) is 0 Å². The molecule has 0 amide bonds. The van der Waals surface area contributed by atoms with Crippen molar-refractivity contribution >= 4 is 0 Å². The van der Waals surface area contributed by atoms with Crippen molar-refractivity contribution in [2.75, 3.05) is 13.6 Å². The van der Waals surface area contributed by atoms with Gasteiger partial charge < -0.3 is 0 Å². The largest absolute Gasteiger partial charge is 0.298 e. The first kappa shape index (κ1) is 10.4. The van der Waals surface area contributed by atoms with Gasteiger partial charge in [0, 0.05) is 25.6 Å². The molecule has 2 aliphatic rings. The highest BCUT2D eigenvalue weighted by Gasteiger charge is 2.42. The van der Waals surface area contributed by atoms with E-state index >= 15 is 0 Å². The highest BCUT2D eigenvalue weighted by Crippen LogP contribution is 2.35. The second kappa shape index (κ2) is 3.80. The Morgan fingerprint density at radius 3 is 2.71 bits per heavy atom. The predicted molar refractivity (Wildman–Crippen MR) is 58.6 cm³/mol. The maximum atomic E-state index is 3.68. The molecule has 14 heavy (non-hydrogen) atoms. The van der Waals surface area contributed by atoms with Crippen LogP contribution in [-0.4, -0.2) is 30.8 Å². The highest BCUT2D eigenvalue weighted by molar-refractivity contribution is 4.94. The van der Waals surface area contributed by atoms with E-state index in [9.17, 15) is 0 Å². The normalized spacial score (nSPS) is 44.4. The molecule has 2 heterocycles. The van der Waals surface area contributed by atoms with E-state index in [0.29, 0.717) is 12.2 Å². The molecule has 2 fully saturated rings. The molecule has 2 aliphatic heterocycles. The highest BCUT2D eigenvalue weighted by atomic mass is 15.6. The van der Waals surface area contributed by atoms with Gasteiger partial charge in [-0.05, 0) is 25.2 Å². The van der Waals surface area contributed by atoms with Gasteiger partial charge in [0.25, 0.3) is 0 Å². The van der Waals surface area contributed by atoms with Crippen molar-refractivity contribution in [2.45, 2.75) is 39.4 Å². The molecule has 0 aromatic rings. The SMILES string of the molecule is CC1CC(C(C)C)C2CNN(C)C2N1. The number of fused-ring (bicyclic) bond motifs is 1. The van der Waals surface area contributed by atoms with Gasteiger partial charge in [0.15, 0.2) is 0 Å². The summed E-state index contributed by atoms with van der Waals surface area (Å²) in [4.78, 5) is 0. The number of hydrazine groups is 1. The van der Waals surface area contributed by atoms with Crippen molar-refractivity contribution in [1.82, 2.24) is 15.8 Å². The van der Waals surface area contributed by atoms with Crippen LogP contribution in [0.5, 0.6) is 0 Å². The standard InChI is InChI=1S/C11H23N3/c1-7(2)9-5-8(3)13-11-10(9)6-12-14(11)4/h7-13H,5-6H2,1-4H3. The lowest BCUT2D eigenvalue weighted by atomic mass is 9.75. The Labute approximate surface area is 87.2 Å². The van der Waals surface area contributed by atoms with Crippen LogP contribution in [0, 0.1) is 17.8 Å². The minimum Gasteiger partial charge on any atom is -0.298 e. The number of piperidine rings is 1. The summed E-state index contributed by atoms with van der Waals surface area (Å²) in [6, 6.07) is 0.658. The number of rotatable bonds is 1. The molecule has 3 nitrogen and oxygen atoms in total. The summed E-state index contributed by atoms with van der Waals surface area (Å²) < 4.78 is 0. The van der Waals surface area contributed by atoms with Gasteiger partial charge in [0.05, 0.1) is 6.17 Å². The third-order valence-corrected chi connectivity index (χ3v) is 3.89. The third-order valence-electron chi connectivity index (χ3n) is 3.89. The maximum absolute atomic E-state index is 3.68. The summed E-state index contributed by atoms with van der Waals surface area (Å²) >= 11 is 0. The second-order valence-corrected chi connectivity index (χ2v) is 5.29. The van der Waals surface area contributed by atoms with E-state index in [0.717, 1.165) is 24.3 Å². The molecule has 2 N–H and O–H groups in total. The minimum absolute atomic E-state index is 0.547. The molecule has 0 radical (unpaired) electrons. The van der Waals surface area contributed by atoms with Crippen molar-refractivity contribution in [1.29, 1.82) is 0 Å². The predicted octanol–water partition coefficient (Wildman–Crippen LogP) is 1.03. The van der Waals surface area contributed by atoms with Crippen LogP contribution in [0.1, 0.15) is 27.2 Å². The van der Waals surface area contributed by atoms with Crippen LogP contribution in [0.2, 0.25) is 0 Å². The van der Waals surface area contributed by atoms with Crippen LogP contribution < -0.4 is 10.7 Å². The van der Waals surface area contributed by atoms with Crippen LogP contribution in [-0.2, 0) is 0 Å². The average molecular weight is 197 g/mol. The molecule has 0 saturated carbocycles. The van der Waals surface area contributed by atoms with E-state index in [2.05, 4.69) is 43.6 Å². The van der Waals surface area contributed by atoms with Crippen molar-refractivity contribution in [3.05, 3.63) is 0 Å². The molecule has 0 aromatic heterocycles. The topological polar surface area (TPSA) is 27.3 Å². The van der Waals surface area contributed by atoms with Gasteiger partial charge in [-0.25, -0.2) is 5.01 Å². The molecule has 82 valence electrons. The molecular weight excluding hydrogens is 174 g/mol. The smallest absolute Gasteiger partial charge is 0.0775 e. The Balaban J connectivity index is 2.12. The van der Waals surface area contributed by atoms with Crippen LogP contribution in [0.25, 0.3) is 0 Å². The summed E-state index contributed by atoms with van der Waals surface area (Å²) in [5.74, 6) is 2.46. The van der Waals surface area contributed by atoms with E-state index in [1.807, 2.05) is 0 Å². The fourth-order valence-electron chi connectivity index (χ4n) is 3.08. The van der Waals surface area contributed by atoms with Gasteiger partial charge in [-0.2, -0.15) is 0 Å². The number of hydrogen-bond donors (Lipinski definition) is 2. The van der Waals surface area contributed by atoms with Gasteiger partial charge >= 0.3 is 0 Å². The summed E-state index contributed by atoms with van der Waals surface area (Å²) in [7, 11) is 2.15. The lowest BCUT2D eigenvalue weighted by Gasteiger charge is -2.41. The van der Waals surface area contributed by atoms with E-state index < -0.39 is 0 Å². The molecule has 0 aliphatic carbocycles. The van der Waals surface area contributed by atoms with Crippen LogP contribution in [0.3, 0.4) is 0 Å². The summed E-state index contributed by atoms with van der Waals surface area (Å²) in [5.41, 5.74) is 3.44. The van der Waals surface area contributed by atoms with Crippen LogP contribution in [0.15, 0.2) is 0 Å². The zero-order valence-corrected chi connectivity index (χ0v) is 9.75. The molecular formula is C11H23N3. The fraction of sp³-hybridized carbons (Fsp3) is 1.00. The first-order chi connectivity index (χ1) is 6.59. The molecule has 4 atom stereocenters. The first-order valence-electron chi connectivity index (χ1n) is 5.82. The van der Waals surface area contributed by atoms with Crippen molar-refractivity contribution in [3.63, 3.8) is 0 Å². The van der Waals surface area contributed by atoms with Gasteiger partial charge in [-0.1, -0.05) is 13.8 Å². The van der Waals surface area contributed by atoms with E-state index in [4.69, 9.17) is 0 Å². The first-order valence-corrected chi connectivity index (χ1v) is 5.82. The van der Waals surface area contributed by atoms with E-state index in [-0.39, 0.29) is 0 Å². The quantitative estimate of drug-likeness (QED) is 0.657. The molecule has 0 aromatic carbocycles.